The Kier molecular flexibility index (Phi) is 4.43. The van der Waals surface area contributed by atoms with E-state index in [1.54, 1.807) is 0 Å². The lowest BCUT2D eigenvalue weighted by molar-refractivity contribution is -0.128. The van der Waals surface area contributed by atoms with Crippen molar-refractivity contribution in [1.82, 2.24) is 10.6 Å². The molecule has 3 heteroatoms. The molecule has 2 N–H and O–H groups in total. The van der Waals surface area contributed by atoms with Crippen LogP contribution in [-0.4, -0.2) is 25.0 Å². The summed E-state index contributed by atoms with van der Waals surface area (Å²) < 4.78 is 0. The van der Waals surface area contributed by atoms with Crippen molar-refractivity contribution < 1.29 is 4.79 Å². The van der Waals surface area contributed by atoms with Gasteiger partial charge >= 0.3 is 0 Å². The fraction of sp³-hybridized carbons (Fsp3) is 0.929. The van der Waals surface area contributed by atoms with Gasteiger partial charge in [-0.3, -0.25) is 4.79 Å². The molecule has 0 aromatic carbocycles. The lowest BCUT2D eigenvalue weighted by Gasteiger charge is -2.30. The summed E-state index contributed by atoms with van der Waals surface area (Å²) in [6, 6.07) is 0.368. The summed E-state index contributed by atoms with van der Waals surface area (Å²) in [5.41, 5.74) is 0. The van der Waals surface area contributed by atoms with Gasteiger partial charge in [0.2, 0.25) is 5.91 Å². The molecule has 1 aliphatic carbocycles. The minimum absolute atomic E-state index is 0.222. The number of hydrogen-bond acceptors (Lipinski definition) is 2. The largest absolute Gasteiger partial charge is 0.353 e. The van der Waals surface area contributed by atoms with Crippen LogP contribution < -0.4 is 10.6 Å². The average Bonchev–Trinajstić information content (AvgIpc) is 2.82. The number of piperidine rings is 1. The minimum atomic E-state index is 0.222. The van der Waals surface area contributed by atoms with Crippen LogP contribution in [0.15, 0.2) is 0 Å². The van der Waals surface area contributed by atoms with E-state index in [0.717, 1.165) is 25.4 Å². The highest BCUT2D eigenvalue weighted by Gasteiger charge is 2.30. The summed E-state index contributed by atoms with van der Waals surface area (Å²) >= 11 is 0. The third-order valence-corrected chi connectivity index (χ3v) is 4.60. The second-order valence-corrected chi connectivity index (χ2v) is 5.92. The summed E-state index contributed by atoms with van der Waals surface area (Å²) in [5.74, 6) is 1.70. The van der Waals surface area contributed by atoms with Gasteiger partial charge in [-0.2, -0.15) is 0 Å². The summed E-state index contributed by atoms with van der Waals surface area (Å²) in [5, 5.41) is 6.60. The third-order valence-electron chi connectivity index (χ3n) is 4.60. The summed E-state index contributed by atoms with van der Waals surface area (Å²) in [6.45, 7) is 6.33. The van der Waals surface area contributed by atoms with Gasteiger partial charge in [-0.25, -0.2) is 0 Å². The molecule has 2 rings (SSSR count). The molecule has 1 heterocycles. The predicted molar refractivity (Wildman–Crippen MR) is 69.7 cm³/mol. The Hall–Kier alpha value is -0.570. The fourth-order valence-corrected chi connectivity index (χ4v) is 3.31. The predicted octanol–water partition coefficient (Wildman–Crippen LogP) is 1.93. The van der Waals surface area contributed by atoms with Crippen LogP contribution in [0, 0.1) is 17.8 Å². The van der Waals surface area contributed by atoms with E-state index in [1.165, 1.54) is 25.7 Å². The molecule has 0 aromatic rings. The number of carbonyl (C=O) groups is 1. The van der Waals surface area contributed by atoms with Crippen molar-refractivity contribution in [1.29, 1.82) is 0 Å². The Morgan fingerprint density at radius 1 is 1.29 bits per heavy atom. The first kappa shape index (κ1) is 12.9. The van der Waals surface area contributed by atoms with Crippen LogP contribution in [0.1, 0.15) is 46.0 Å². The summed E-state index contributed by atoms with van der Waals surface area (Å²) in [4.78, 5) is 12.2. The molecule has 2 aliphatic rings. The first-order valence-corrected chi connectivity index (χ1v) is 7.19. The quantitative estimate of drug-likeness (QED) is 0.789. The van der Waals surface area contributed by atoms with Crippen LogP contribution in [0.5, 0.6) is 0 Å². The molecule has 0 bridgehead atoms. The van der Waals surface area contributed by atoms with Crippen molar-refractivity contribution >= 4 is 5.91 Å². The van der Waals surface area contributed by atoms with Gasteiger partial charge in [-0.15, -0.1) is 0 Å². The molecule has 1 amide bonds. The Balaban J connectivity index is 1.82. The van der Waals surface area contributed by atoms with E-state index in [9.17, 15) is 4.79 Å². The van der Waals surface area contributed by atoms with Gasteiger partial charge in [0.1, 0.15) is 0 Å². The van der Waals surface area contributed by atoms with Crippen LogP contribution >= 0.6 is 0 Å². The van der Waals surface area contributed by atoms with Gasteiger partial charge in [-0.05, 0) is 51.1 Å². The summed E-state index contributed by atoms with van der Waals surface area (Å²) in [6.07, 6.45) is 6.26. The first-order valence-electron chi connectivity index (χ1n) is 7.19. The highest BCUT2D eigenvalue weighted by Crippen LogP contribution is 2.28. The van der Waals surface area contributed by atoms with Crippen molar-refractivity contribution in [3.05, 3.63) is 0 Å². The van der Waals surface area contributed by atoms with Crippen LogP contribution in [0.3, 0.4) is 0 Å². The molecule has 17 heavy (non-hydrogen) atoms. The Morgan fingerprint density at radius 2 is 2.00 bits per heavy atom. The molecule has 1 saturated carbocycles. The number of carbonyl (C=O) groups excluding carboxylic acids is 1. The molecule has 0 aromatic heterocycles. The van der Waals surface area contributed by atoms with E-state index < -0.39 is 0 Å². The molecule has 1 aliphatic heterocycles. The van der Waals surface area contributed by atoms with Gasteiger partial charge < -0.3 is 10.6 Å². The van der Waals surface area contributed by atoms with Crippen LogP contribution in [0.2, 0.25) is 0 Å². The molecule has 3 nitrogen and oxygen atoms in total. The second kappa shape index (κ2) is 5.85. The van der Waals surface area contributed by atoms with Crippen molar-refractivity contribution in [3.8, 4) is 0 Å². The smallest absolute Gasteiger partial charge is 0.223 e. The maximum absolute atomic E-state index is 12.2. The number of amides is 1. The zero-order chi connectivity index (χ0) is 12.3. The van der Waals surface area contributed by atoms with Gasteiger partial charge in [0.05, 0.1) is 0 Å². The SMILES string of the molecule is CC1CNCCC1C(=O)NC(C)C1CCCC1. The molecular formula is C14H26N2O. The molecule has 1 saturated heterocycles. The molecule has 0 radical (unpaired) electrons. The van der Waals surface area contributed by atoms with Crippen LogP contribution in [0.4, 0.5) is 0 Å². The normalized spacial score (nSPS) is 32.4. The lowest BCUT2D eigenvalue weighted by atomic mass is 9.86. The number of nitrogens with one attached hydrogen (secondary N) is 2. The van der Waals surface area contributed by atoms with E-state index in [2.05, 4.69) is 24.5 Å². The Morgan fingerprint density at radius 3 is 2.65 bits per heavy atom. The summed E-state index contributed by atoms with van der Waals surface area (Å²) in [7, 11) is 0. The number of rotatable bonds is 3. The van der Waals surface area contributed by atoms with Gasteiger partial charge in [0.15, 0.2) is 0 Å². The monoisotopic (exact) mass is 238 g/mol. The topological polar surface area (TPSA) is 41.1 Å². The van der Waals surface area contributed by atoms with Gasteiger partial charge in [-0.1, -0.05) is 19.8 Å². The Bertz CT molecular complexity index is 261. The molecule has 0 spiro atoms. The average molecular weight is 238 g/mol. The number of hydrogen-bond donors (Lipinski definition) is 2. The maximum atomic E-state index is 12.2. The molecule has 98 valence electrons. The highest BCUT2D eigenvalue weighted by atomic mass is 16.2. The fourth-order valence-electron chi connectivity index (χ4n) is 3.31. The van der Waals surface area contributed by atoms with Crippen molar-refractivity contribution in [2.45, 2.75) is 52.0 Å². The zero-order valence-electron chi connectivity index (χ0n) is 11.2. The van der Waals surface area contributed by atoms with Crippen LogP contribution in [-0.2, 0) is 4.79 Å². The van der Waals surface area contributed by atoms with Crippen molar-refractivity contribution in [2.24, 2.45) is 17.8 Å². The van der Waals surface area contributed by atoms with Crippen LogP contribution in [0.25, 0.3) is 0 Å². The van der Waals surface area contributed by atoms with Crippen molar-refractivity contribution in [2.75, 3.05) is 13.1 Å². The highest BCUT2D eigenvalue weighted by molar-refractivity contribution is 5.79. The maximum Gasteiger partial charge on any atom is 0.223 e. The first-order chi connectivity index (χ1) is 8.18. The minimum Gasteiger partial charge on any atom is -0.353 e. The van der Waals surface area contributed by atoms with E-state index in [0.29, 0.717) is 17.9 Å². The Labute approximate surface area is 105 Å². The molecular weight excluding hydrogens is 212 g/mol. The van der Waals surface area contributed by atoms with Crippen molar-refractivity contribution in [3.63, 3.8) is 0 Å². The molecule has 3 atom stereocenters. The lowest BCUT2D eigenvalue weighted by Crippen LogP contribution is -2.47. The van der Waals surface area contributed by atoms with Gasteiger partial charge in [0.25, 0.3) is 0 Å². The van der Waals surface area contributed by atoms with Gasteiger partial charge in [0, 0.05) is 12.0 Å². The standard InChI is InChI=1S/C14H26N2O/c1-10-9-15-8-7-13(10)14(17)16-11(2)12-5-3-4-6-12/h10-13,15H,3-9H2,1-2H3,(H,16,17). The molecule has 3 unspecified atom stereocenters. The third kappa shape index (κ3) is 3.21. The zero-order valence-corrected chi connectivity index (χ0v) is 11.2. The second-order valence-electron chi connectivity index (χ2n) is 5.92. The van der Waals surface area contributed by atoms with E-state index in [1.807, 2.05) is 0 Å². The van der Waals surface area contributed by atoms with E-state index in [4.69, 9.17) is 0 Å². The molecule has 2 fully saturated rings. The van der Waals surface area contributed by atoms with E-state index >= 15 is 0 Å². The van der Waals surface area contributed by atoms with E-state index in [-0.39, 0.29) is 5.92 Å².